The van der Waals surface area contributed by atoms with E-state index < -0.39 is 0 Å². The van der Waals surface area contributed by atoms with E-state index in [0.29, 0.717) is 10.8 Å². The van der Waals surface area contributed by atoms with E-state index in [9.17, 15) is 0 Å². The summed E-state index contributed by atoms with van der Waals surface area (Å²) in [6, 6.07) is 0. The molecule has 2 fully saturated rings. The van der Waals surface area contributed by atoms with Gasteiger partial charge in [-0.15, -0.1) is 0 Å². The van der Waals surface area contributed by atoms with Crippen molar-refractivity contribution in [1.82, 2.24) is 5.32 Å². The van der Waals surface area contributed by atoms with Crippen molar-refractivity contribution in [3.05, 3.63) is 0 Å². The summed E-state index contributed by atoms with van der Waals surface area (Å²) in [5.74, 6) is 2.76. The number of nitrogens with one attached hydrogen (secondary N) is 1. The van der Waals surface area contributed by atoms with Gasteiger partial charge in [-0.3, -0.25) is 0 Å². The maximum atomic E-state index is 3.66. The van der Waals surface area contributed by atoms with Crippen LogP contribution in [0.5, 0.6) is 0 Å². The highest BCUT2D eigenvalue weighted by Gasteiger charge is 2.72. The Morgan fingerprint density at radius 2 is 1.94 bits per heavy atom. The molecule has 100 valence electrons. The molecule has 4 atom stereocenters. The molecule has 0 bridgehead atoms. The lowest BCUT2D eigenvalue weighted by atomic mass is 9.67. The number of rotatable bonds is 4. The normalized spacial score (nSPS) is 43.9. The largest absolute Gasteiger partial charge is 0.316 e. The van der Waals surface area contributed by atoms with Crippen molar-refractivity contribution >= 4 is 0 Å². The lowest BCUT2D eigenvalue weighted by molar-refractivity contribution is 0.118. The predicted molar refractivity (Wildman–Crippen MR) is 75.0 cm³/mol. The Hall–Kier alpha value is -0.0400. The maximum Gasteiger partial charge on any atom is -0.000957 e. The second-order valence-corrected chi connectivity index (χ2v) is 7.18. The summed E-state index contributed by atoms with van der Waals surface area (Å²) < 4.78 is 0. The van der Waals surface area contributed by atoms with Gasteiger partial charge in [0.05, 0.1) is 0 Å². The molecule has 0 aromatic heterocycles. The van der Waals surface area contributed by atoms with Crippen LogP contribution in [0.25, 0.3) is 0 Å². The first kappa shape index (κ1) is 13.4. The van der Waals surface area contributed by atoms with Crippen molar-refractivity contribution in [3.63, 3.8) is 0 Å². The van der Waals surface area contributed by atoms with Crippen LogP contribution in [0.4, 0.5) is 0 Å². The van der Waals surface area contributed by atoms with Crippen molar-refractivity contribution in [2.45, 2.75) is 60.3 Å². The van der Waals surface area contributed by atoms with Crippen molar-refractivity contribution in [1.29, 1.82) is 0 Å². The molecule has 4 unspecified atom stereocenters. The summed E-state index contributed by atoms with van der Waals surface area (Å²) in [4.78, 5) is 0. The molecule has 2 saturated carbocycles. The van der Waals surface area contributed by atoms with Gasteiger partial charge in [-0.2, -0.15) is 0 Å². The highest BCUT2D eigenvalue weighted by atomic mass is 14.9. The van der Waals surface area contributed by atoms with Crippen LogP contribution in [-0.2, 0) is 0 Å². The fraction of sp³-hybridized carbons (Fsp3) is 1.00. The molecule has 0 saturated heterocycles. The van der Waals surface area contributed by atoms with Crippen LogP contribution >= 0.6 is 0 Å². The minimum Gasteiger partial charge on any atom is -0.316 e. The van der Waals surface area contributed by atoms with Crippen molar-refractivity contribution in [3.8, 4) is 0 Å². The summed E-state index contributed by atoms with van der Waals surface area (Å²) in [5.41, 5.74) is 1.23. The third kappa shape index (κ3) is 1.85. The Bertz CT molecular complexity index is 271. The molecule has 1 N–H and O–H groups in total. The average molecular weight is 237 g/mol. The predicted octanol–water partition coefficient (Wildman–Crippen LogP) is 4.08. The van der Waals surface area contributed by atoms with E-state index >= 15 is 0 Å². The van der Waals surface area contributed by atoms with E-state index in [2.05, 4.69) is 39.9 Å². The van der Waals surface area contributed by atoms with E-state index in [1.54, 1.807) is 0 Å². The summed E-state index contributed by atoms with van der Waals surface area (Å²) in [6.45, 7) is 14.7. The SMILES string of the molecule is CCCNCC1C(C)(C)C12CCCC(C)C2C. The first-order chi connectivity index (χ1) is 7.98. The van der Waals surface area contributed by atoms with Gasteiger partial charge < -0.3 is 5.32 Å². The highest BCUT2D eigenvalue weighted by molar-refractivity contribution is 5.20. The standard InChI is InChI=1S/C16H31N/c1-6-10-17-11-14-15(4,5)16(14)9-7-8-12(2)13(16)3/h12-14,17H,6-11H2,1-5H3. The molecule has 0 aliphatic heterocycles. The van der Waals surface area contributed by atoms with Crippen LogP contribution < -0.4 is 5.32 Å². The molecule has 0 radical (unpaired) electrons. The summed E-state index contributed by atoms with van der Waals surface area (Å²) in [6.07, 6.45) is 5.64. The van der Waals surface area contributed by atoms with E-state index in [4.69, 9.17) is 0 Å². The topological polar surface area (TPSA) is 12.0 Å². The molecule has 0 aromatic rings. The Morgan fingerprint density at radius 3 is 2.59 bits per heavy atom. The first-order valence-electron chi connectivity index (χ1n) is 7.69. The monoisotopic (exact) mass is 237 g/mol. The van der Waals surface area contributed by atoms with Crippen LogP contribution in [0, 0.1) is 28.6 Å². The minimum absolute atomic E-state index is 0.571. The van der Waals surface area contributed by atoms with Gasteiger partial charge in [-0.25, -0.2) is 0 Å². The number of hydrogen-bond acceptors (Lipinski definition) is 1. The van der Waals surface area contributed by atoms with Crippen LogP contribution in [-0.4, -0.2) is 13.1 Å². The fourth-order valence-electron chi connectivity index (χ4n) is 4.96. The lowest BCUT2D eigenvalue weighted by Gasteiger charge is -2.38. The first-order valence-corrected chi connectivity index (χ1v) is 7.69. The van der Waals surface area contributed by atoms with Crippen molar-refractivity contribution in [2.24, 2.45) is 28.6 Å². The van der Waals surface area contributed by atoms with E-state index in [-0.39, 0.29) is 0 Å². The molecule has 2 aliphatic rings. The Kier molecular flexibility index (Phi) is 3.60. The van der Waals surface area contributed by atoms with Crippen molar-refractivity contribution in [2.75, 3.05) is 13.1 Å². The summed E-state index contributed by atoms with van der Waals surface area (Å²) in [7, 11) is 0. The van der Waals surface area contributed by atoms with Gasteiger partial charge in [0.1, 0.15) is 0 Å². The van der Waals surface area contributed by atoms with Gasteiger partial charge in [0.2, 0.25) is 0 Å². The fourth-order valence-corrected chi connectivity index (χ4v) is 4.96. The Labute approximate surface area is 108 Å². The summed E-state index contributed by atoms with van der Waals surface area (Å²) in [5, 5.41) is 3.66. The van der Waals surface area contributed by atoms with Crippen LogP contribution in [0.15, 0.2) is 0 Å². The second kappa shape index (κ2) is 4.57. The molecule has 2 rings (SSSR count). The van der Waals surface area contributed by atoms with Gasteiger partial charge in [0.15, 0.2) is 0 Å². The molecule has 1 nitrogen and oxygen atoms in total. The number of hydrogen-bond donors (Lipinski definition) is 1. The molecule has 0 amide bonds. The third-order valence-electron chi connectivity index (χ3n) is 6.30. The summed E-state index contributed by atoms with van der Waals surface area (Å²) >= 11 is 0. The molecular weight excluding hydrogens is 206 g/mol. The highest BCUT2D eigenvalue weighted by Crippen LogP contribution is 2.76. The Balaban J connectivity index is 2.04. The van der Waals surface area contributed by atoms with Gasteiger partial charge in [0, 0.05) is 0 Å². The molecule has 17 heavy (non-hydrogen) atoms. The molecule has 0 aromatic carbocycles. The minimum atomic E-state index is 0.571. The van der Waals surface area contributed by atoms with Crippen LogP contribution in [0.1, 0.15) is 60.3 Å². The van der Waals surface area contributed by atoms with Gasteiger partial charge in [-0.05, 0) is 54.5 Å². The Morgan fingerprint density at radius 1 is 1.24 bits per heavy atom. The third-order valence-corrected chi connectivity index (χ3v) is 6.30. The smallest absolute Gasteiger partial charge is 0.000957 e. The van der Waals surface area contributed by atoms with Crippen molar-refractivity contribution < 1.29 is 0 Å². The van der Waals surface area contributed by atoms with E-state index in [0.717, 1.165) is 17.8 Å². The average Bonchev–Trinajstić information content (AvgIpc) is 2.74. The van der Waals surface area contributed by atoms with E-state index in [1.807, 2.05) is 0 Å². The molecule has 1 spiro atoms. The van der Waals surface area contributed by atoms with Gasteiger partial charge in [-0.1, -0.05) is 47.5 Å². The van der Waals surface area contributed by atoms with E-state index in [1.165, 1.54) is 38.8 Å². The molecule has 1 heteroatoms. The lowest BCUT2D eigenvalue weighted by Crippen LogP contribution is -2.31. The second-order valence-electron chi connectivity index (χ2n) is 7.18. The van der Waals surface area contributed by atoms with Crippen LogP contribution in [0.3, 0.4) is 0 Å². The molecule has 0 heterocycles. The zero-order valence-corrected chi connectivity index (χ0v) is 12.5. The zero-order valence-electron chi connectivity index (χ0n) is 12.5. The zero-order chi connectivity index (χ0) is 12.7. The quantitative estimate of drug-likeness (QED) is 0.726. The molecule has 2 aliphatic carbocycles. The van der Waals surface area contributed by atoms with Crippen LogP contribution in [0.2, 0.25) is 0 Å². The van der Waals surface area contributed by atoms with Gasteiger partial charge >= 0.3 is 0 Å². The van der Waals surface area contributed by atoms with Gasteiger partial charge in [0.25, 0.3) is 0 Å². The maximum absolute atomic E-state index is 3.66. The molecular formula is C16H31N.